The van der Waals surface area contributed by atoms with Crippen molar-refractivity contribution in [3.63, 3.8) is 0 Å². The SMILES string of the molecule is CCCCCC[n+]1ccc(-c2nc3ccc(OCCCCCC(=O)O)cc3o2)cc1. The number of carboxylic acids is 1. The van der Waals surface area contributed by atoms with E-state index < -0.39 is 5.97 Å². The first kappa shape index (κ1) is 21.8. The molecule has 1 aromatic carbocycles. The van der Waals surface area contributed by atoms with E-state index in [1.807, 2.05) is 30.3 Å². The number of rotatable bonds is 13. The molecule has 0 unspecified atom stereocenters. The van der Waals surface area contributed by atoms with Crippen molar-refractivity contribution in [2.24, 2.45) is 0 Å². The number of aliphatic carboxylic acids is 1. The number of hydrogen-bond acceptors (Lipinski definition) is 4. The van der Waals surface area contributed by atoms with Crippen LogP contribution in [0.1, 0.15) is 58.3 Å². The van der Waals surface area contributed by atoms with Gasteiger partial charge in [-0.05, 0) is 37.8 Å². The predicted molar refractivity (Wildman–Crippen MR) is 115 cm³/mol. The molecule has 0 saturated carbocycles. The number of hydrogen-bond donors (Lipinski definition) is 1. The van der Waals surface area contributed by atoms with Crippen LogP contribution in [0, 0.1) is 0 Å². The number of benzene rings is 1. The molecule has 0 radical (unpaired) electrons. The molecule has 2 aromatic heterocycles. The number of aryl methyl sites for hydroxylation is 1. The van der Waals surface area contributed by atoms with Crippen molar-refractivity contribution in [3.8, 4) is 17.2 Å². The Morgan fingerprint density at radius 2 is 1.87 bits per heavy atom. The van der Waals surface area contributed by atoms with Gasteiger partial charge in [0, 0.05) is 36.6 Å². The molecule has 160 valence electrons. The molecule has 0 atom stereocenters. The highest BCUT2D eigenvalue weighted by Crippen LogP contribution is 2.26. The summed E-state index contributed by atoms with van der Waals surface area (Å²) in [6, 6.07) is 9.73. The third-order valence-corrected chi connectivity index (χ3v) is 5.07. The fraction of sp³-hybridized carbons (Fsp3) is 0.458. The van der Waals surface area contributed by atoms with Crippen molar-refractivity contribution in [3.05, 3.63) is 42.7 Å². The molecular weight excluding hydrogens is 380 g/mol. The highest BCUT2D eigenvalue weighted by atomic mass is 16.5. The average molecular weight is 412 g/mol. The van der Waals surface area contributed by atoms with Crippen molar-refractivity contribution < 1.29 is 23.6 Å². The Morgan fingerprint density at radius 1 is 1.07 bits per heavy atom. The van der Waals surface area contributed by atoms with E-state index in [-0.39, 0.29) is 6.42 Å². The number of ether oxygens (including phenoxy) is 1. The van der Waals surface area contributed by atoms with Gasteiger partial charge in [0.05, 0.1) is 6.61 Å². The van der Waals surface area contributed by atoms with E-state index >= 15 is 0 Å². The highest BCUT2D eigenvalue weighted by molar-refractivity contribution is 5.77. The van der Waals surface area contributed by atoms with Gasteiger partial charge in [0.15, 0.2) is 18.0 Å². The number of nitrogens with zero attached hydrogens (tertiary/aromatic N) is 2. The lowest BCUT2D eigenvalue weighted by Crippen LogP contribution is -2.32. The largest absolute Gasteiger partial charge is 0.493 e. The molecule has 30 heavy (non-hydrogen) atoms. The van der Waals surface area contributed by atoms with E-state index in [2.05, 4.69) is 28.9 Å². The maximum absolute atomic E-state index is 10.5. The normalized spacial score (nSPS) is 11.1. The fourth-order valence-electron chi connectivity index (χ4n) is 3.33. The summed E-state index contributed by atoms with van der Waals surface area (Å²) in [7, 11) is 0. The van der Waals surface area contributed by atoms with Crippen LogP contribution in [-0.2, 0) is 11.3 Å². The predicted octanol–water partition coefficient (Wildman–Crippen LogP) is 5.39. The molecule has 0 aliphatic heterocycles. The molecule has 0 saturated heterocycles. The maximum atomic E-state index is 10.5. The van der Waals surface area contributed by atoms with Crippen LogP contribution in [0.25, 0.3) is 22.6 Å². The Balaban J connectivity index is 1.54. The van der Waals surface area contributed by atoms with Crippen molar-refractivity contribution in [1.82, 2.24) is 4.98 Å². The summed E-state index contributed by atoms with van der Waals surface area (Å²) < 4.78 is 13.9. The van der Waals surface area contributed by atoms with Crippen LogP contribution in [0.5, 0.6) is 5.75 Å². The molecule has 0 fully saturated rings. The van der Waals surface area contributed by atoms with Crippen molar-refractivity contribution in [2.45, 2.75) is 64.8 Å². The molecule has 0 aliphatic rings. The standard InChI is InChI=1S/C24H30N2O4/c1-2-3-4-7-14-26-15-12-19(13-16-26)24-25-21-11-10-20(18-22(21)30-24)29-17-8-5-6-9-23(27)28/h10-13,15-16,18H,2-9,14,17H2,1H3/p+1. The highest BCUT2D eigenvalue weighted by Gasteiger charge is 2.11. The second kappa shape index (κ2) is 11.3. The number of oxazole rings is 1. The summed E-state index contributed by atoms with van der Waals surface area (Å²) in [6.45, 7) is 3.82. The molecule has 6 heteroatoms. The van der Waals surface area contributed by atoms with Crippen LogP contribution in [-0.4, -0.2) is 22.7 Å². The number of carboxylic acid groups (broad SMARTS) is 1. The van der Waals surface area contributed by atoms with Gasteiger partial charge < -0.3 is 14.3 Å². The van der Waals surface area contributed by atoms with Crippen LogP contribution in [0.3, 0.4) is 0 Å². The molecule has 3 rings (SSSR count). The van der Waals surface area contributed by atoms with Crippen molar-refractivity contribution in [1.29, 1.82) is 0 Å². The second-order valence-corrected chi connectivity index (χ2v) is 7.59. The second-order valence-electron chi connectivity index (χ2n) is 7.59. The molecule has 0 spiro atoms. The van der Waals surface area contributed by atoms with Gasteiger partial charge in [-0.3, -0.25) is 4.79 Å². The van der Waals surface area contributed by atoms with E-state index in [1.165, 1.54) is 25.7 Å². The van der Waals surface area contributed by atoms with Gasteiger partial charge in [0.25, 0.3) is 0 Å². The average Bonchev–Trinajstić information content (AvgIpc) is 3.17. The summed E-state index contributed by atoms with van der Waals surface area (Å²) in [5.74, 6) is 0.595. The zero-order chi connectivity index (χ0) is 21.2. The quantitative estimate of drug-likeness (QED) is 0.302. The topological polar surface area (TPSA) is 76.4 Å². The van der Waals surface area contributed by atoms with Gasteiger partial charge >= 0.3 is 5.97 Å². The summed E-state index contributed by atoms with van der Waals surface area (Å²) in [5.41, 5.74) is 2.46. The minimum Gasteiger partial charge on any atom is -0.493 e. The van der Waals surface area contributed by atoms with Crippen LogP contribution in [0.15, 0.2) is 47.1 Å². The summed E-state index contributed by atoms with van der Waals surface area (Å²) in [6.07, 6.45) is 11.7. The molecule has 1 N–H and O–H groups in total. The van der Waals surface area contributed by atoms with E-state index in [0.29, 0.717) is 24.5 Å². The fourth-order valence-corrected chi connectivity index (χ4v) is 3.33. The lowest BCUT2D eigenvalue weighted by Gasteiger charge is -2.05. The molecule has 2 heterocycles. The molecule has 3 aromatic rings. The Bertz CT molecular complexity index is 934. The minimum atomic E-state index is -0.747. The van der Waals surface area contributed by atoms with Crippen LogP contribution in [0.2, 0.25) is 0 Å². The zero-order valence-electron chi connectivity index (χ0n) is 17.7. The van der Waals surface area contributed by atoms with Gasteiger partial charge in [0.2, 0.25) is 5.89 Å². The van der Waals surface area contributed by atoms with E-state index in [0.717, 1.165) is 36.2 Å². The summed E-state index contributed by atoms with van der Waals surface area (Å²) in [5, 5.41) is 8.65. The van der Waals surface area contributed by atoms with Gasteiger partial charge in [0.1, 0.15) is 17.8 Å². The van der Waals surface area contributed by atoms with Crippen molar-refractivity contribution in [2.75, 3.05) is 6.61 Å². The van der Waals surface area contributed by atoms with Gasteiger partial charge in [-0.15, -0.1) is 0 Å². The first-order valence-electron chi connectivity index (χ1n) is 10.9. The van der Waals surface area contributed by atoms with Crippen LogP contribution in [0.4, 0.5) is 0 Å². The van der Waals surface area contributed by atoms with Gasteiger partial charge in [-0.2, -0.15) is 0 Å². The number of aromatic nitrogens is 2. The monoisotopic (exact) mass is 411 g/mol. The van der Waals surface area contributed by atoms with E-state index in [9.17, 15) is 4.79 Å². The Labute approximate surface area is 177 Å². The maximum Gasteiger partial charge on any atom is 0.303 e. The summed E-state index contributed by atoms with van der Waals surface area (Å²) >= 11 is 0. The lowest BCUT2D eigenvalue weighted by molar-refractivity contribution is -0.697. The number of fused-ring (bicyclic) bond motifs is 1. The summed E-state index contributed by atoms with van der Waals surface area (Å²) in [4.78, 5) is 15.1. The first-order chi connectivity index (χ1) is 14.7. The lowest BCUT2D eigenvalue weighted by atomic mass is 10.2. The third kappa shape index (κ3) is 6.58. The number of unbranched alkanes of at least 4 members (excludes halogenated alkanes) is 5. The van der Waals surface area contributed by atoms with Gasteiger partial charge in [-0.25, -0.2) is 9.55 Å². The van der Waals surface area contributed by atoms with Crippen molar-refractivity contribution >= 4 is 17.1 Å². The number of pyridine rings is 1. The van der Waals surface area contributed by atoms with E-state index in [1.54, 1.807) is 0 Å². The Kier molecular flexibility index (Phi) is 8.24. The zero-order valence-corrected chi connectivity index (χ0v) is 17.7. The molecular formula is C24H31N2O4+. The third-order valence-electron chi connectivity index (χ3n) is 5.07. The number of carbonyl (C=O) groups is 1. The first-order valence-corrected chi connectivity index (χ1v) is 10.9. The Morgan fingerprint density at radius 3 is 2.63 bits per heavy atom. The van der Waals surface area contributed by atoms with E-state index in [4.69, 9.17) is 14.3 Å². The molecule has 0 bridgehead atoms. The smallest absolute Gasteiger partial charge is 0.303 e. The molecule has 0 amide bonds. The van der Waals surface area contributed by atoms with Gasteiger partial charge in [-0.1, -0.05) is 19.8 Å². The molecule has 6 nitrogen and oxygen atoms in total. The molecule has 0 aliphatic carbocycles. The minimum absolute atomic E-state index is 0.213. The van der Waals surface area contributed by atoms with Crippen LogP contribution >= 0.6 is 0 Å². The van der Waals surface area contributed by atoms with Crippen LogP contribution < -0.4 is 9.30 Å². The Hall–Kier alpha value is -2.89.